The minimum absolute atomic E-state index is 0.234. The molecule has 20 heavy (non-hydrogen) atoms. The molecule has 1 nitrogen and oxygen atoms in total. The van der Waals surface area contributed by atoms with Crippen molar-refractivity contribution in [3.63, 3.8) is 0 Å². The molecule has 0 aliphatic rings. The highest BCUT2D eigenvalue weighted by atomic mass is 79.9. The van der Waals surface area contributed by atoms with E-state index in [0.717, 1.165) is 12.1 Å². The number of anilines is 1. The Hall–Kier alpha value is -1.56. The Balaban J connectivity index is 2.08. The summed E-state index contributed by atoms with van der Waals surface area (Å²) in [4.78, 5) is 0. The fourth-order valence-electron chi connectivity index (χ4n) is 1.67. The van der Waals surface area contributed by atoms with Crippen LogP contribution < -0.4 is 5.32 Å². The van der Waals surface area contributed by atoms with Gasteiger partial charge in [-0.15, -0.1) is 0 Å². The number of nitrogens with one attached hydrogen (secondary N) is 1. The van der Waals surface area contributed by atoms with Gasteiger partial charge in [0.05, 0.1) is 11.3 Å². The van der Waals surface area contributed by atoms with Gasteiger partial charge in [0.15, 0.2) is 0 Å². The second-order valence-corrected chi connectivity index (χ2v) is 5.00. The minimum atomic E-state index is -4.35. The molecule has 0 radical (unpaired) electrons. The summed E-state index contributed by atoms with van der Waals surface area (Å²) in [7, 11) is 0. The Morgan fingerprint density at radius 3 is 2.20 bits per heavy atom. The predicted octanol–water partition coefficient (Wildman–Crippen LogP) is 5.22. The number of para-hydroxylation sites is 1. The number of benzene rings is 2. The number of hydrogen-bond acceptors (Lipinski definition) is 1. The van der Waals surface area contributed by atoms with E-state index in [0.29, 0.717) is 10.0 Å². The number of halogens is 5. The average Bonchev–Trinajstić information content (AvgIpc) is 2.37. The molecule has 0 bridgehead atoms. The predicted molar refractivity (Wildman–Crippen MR) is 72.9 cm³/mol. The third-order valence-electron chi connectivity index (χ3n) is 2.71. The molecule has 0 atom stereocenters. The molecular weight excluding hydrogens is 338 g/mol. The molecule has 0 aliphatic carbocycles. The first-order valence-electron chi connectivity index (χ1n) is 5.72. The van der Waals surface area contributed by atoms with Crippen LogP contribution in [0.25, 0.3) is 0 Å². The highest BCUT2D eigenvalue weighted by Gasteiger charge is 2.29. The molecule has 106 valence electrons. The summed E-state index contributed by atoms with van der Waals surface area (Å²) in [6, 6.07) is 9.29. The highest BCUT2D eigenvalue weighted by Crippen LogP contribution is 2.29. The Kier molecular flexibility index (Phi) is 4.32. The van der Waals surface area contributed by atoms with E-state index in [2.05, 4.69) is 21.2 Å². The van der Waals surface area contributed by atoms with E-state index in [1.54, 1.807) is 12.1 Å². The summed E-state index contributed by atoms with van der Waals surface area (Å²) in [5.74, 6) is -0.425. The van der Waals surface area contributed by atoms with E-state index < -0.39 is 17.6 Å². The molecule has 0 fully saturated rings. The lowest BCUT2D eigenvalue weighted by Gasteiger charge is -2.11. The third-order valence-corrected chi connectivity index (χ3v) is 3.37. The van der Waals surface area contributed by atoms with Crippen LogP contribution in [0.5, 0.6) is 0 Å². The van der Waals surface area contributed by atoms with Crippen molar-refractivity contribution >= 4 is 21.6 Å². The second-order valence-electron chi connectivity index (χ2n) is 4.14. The molecule has 0 unspecified atom stereocenters. The summed E-state index contributed by atoms with van der Waals surface area (Å²) >= 11 is 3.21. The van der Waals surface area contributed by atoms with Crippen molar-refractivity contribution in [2.24, 2.45) is 0 Å². The maximum Gasteiger partial charge on any atom is 0.416 e. The SMILES string of the molecule is Fc1cccc(Br)c1NCc1ccc(C(F)(F)F)cc1. The zero-order valence-corrected chi connectivity index (χ0v) is 11.7. The van der Waals surface area contributed by atoms with Gasteiger partial charge in [-0.05, 0) is 45.8 Å². The van der Waals surface area contributed by atoms with Crippen LogP contribution in [-0.2, 0) is 12.7 Å². The van der Waals surface area contributed by atoms with E-state index in [9.17, 15) is 17.6 Å². The van der Waals surface area contributed by atoms with Gasteiger partial charge in [-0.1, -0.05) is 18.2 Å². The van der Waals surface area contributed by atoms with Crippen molar-refractivity contribution in [2.45, 2.75) is 12.7 Å². The van der Waals surface area contributed by atoms with Crippen molar-refractivity contribution in [2.75, 3.05) is 5.32 Å². The molecule has 0 saturated heterocycles. The van der Waals surface area contributed by atoms with Gasteiger partial charge in [0.1, 0.15) is 5.82 Å². The van der Waals surface area contributed by atoms with Crippen molar-refractivity contribution < 1.29 is 17.6 Å². The van der Waals surface area contributed by atoms with E-state index >= 15 is 0 Å². The second kappa shape index (κ2) is 5.83. The summed E-state index contributed by atoms with van der Waals surface area (Å²) in [5.41, 5.74) is 0.217. The Labute approximate surface area is 121 Å². The molecule has 6 heteroatoms. The lowest BCUT2D eigenvalue weighted by Crippen LogP contribution is -2.06. The Morgan fingerprint density at radius 2 is 1.65 bits per heavy atom. The molecule has 0 amide bonds. The molecule has 0 aliphatic heterocycles. The molecule has 2 aromatic rings. The summed E-state index contributed by atoms with van der Waals surface area (Å²) in [6.45, 7) is 0.234. The first-order chi connectivity index (χ1) is 9.38. The van der Waals surface area contributed by atoms with Crippen LogP contribution >= 0.6 is 15.9 Å². The maximum absolute atomic E-state index is 13.5. The third kappa shape index (κ3) is 3.50. The van der Waals surface area contributed by atoms with E-state index in [4.69, 9.17) is 0 Å². The van der Waals surface area contributed by atoms with E-state index in [1.165, 1.54) is 18.2 Å². The van der Waals surface area contributed by atoms with Crippen LogP contribution in [0.1, 0.15) is 11.1 Å². The first kappa shape index (κ1) is 14.8. The highest BCUT2D eigenvalue weighted by molar-refractivity contribution is 9.10. The van der Waals surface area contributed by atoms with Crippen molar-refractivity contribution in [3.8, 4) is 0 Å². The minimum Gasteiger partial charge on any atom is -0.378 e. The van der Waals surface area contributed by atoms with Gasteiger partial charge in [-0.3, -0.25) is 0 Å². The zero-order chi connectivity index (χ0) is 14.8. The van der Waals surface area contributed by atoms with Crippen LogP contribution in [0.15, 0.2) is 46.9 Å². The lowest BCUT2D eigenvalue weighted by molar-refractivity contribution is -0.137. The topological polar surface area (TPSA) is 12.0 Å². The summed E-state index contributed by atoms with van der Waals surface area (Å²) < 4.78 is 51.3. The fourth-order valence-corrected chi connectivity index (χ4v) is 2.15. The summed E-state index contributed by atoms with van der Waals surface area (Å²) in [5, 5.41) is 2.85. The maximum atomic E-state index is 13.5. The van der Waals surface area contributed by atoms with Crippen LogP contribution in [0.4, 0.5) is 23.2 Å². The van der Waals surface area contributed by atoms with Gasteiger partial charge in [-0.25, -0.2) is 4.39 Å². The van der Waals surface area contributed by atoms with E-state index in [1.807, 2.05) is 0 Å². The molecule has 0 saturated carbocycles. The van der Waals surface area contributed by atoms with Gasteiger partial charge in [-0.2, -0.15) is 13.2 Å². The smallest absolute Gasteiger partial charge is 0.378 e. The lowest BCUT2D eigenvalue weighted by atomic mass is 10.1. The standard InChI is InChI=1S/C14H10BrF4N/c15-11-2-1-3-12(16)13(11)20-8-9-4-6-10(7-5-9)14(17,18)19/h1-7,20H,8H2. The monoisotopic (exact) mass is 347 g/mol. The molecule has 0 aromatic heterocycles. The molecule has 0 spiro atoms. The molecular formula is C14H10BrF4N. The number of hydrogen-bond donors (Lipinski definition) is 1. The van der Waals surface area contributed by atoms with Crippen LogP contribution in [-0.4, -0.2) is 0 Å². The normalized spacial score (nSPS) is 11.4. The zero-order valence-electron chi connectivity index (χ0n) is 10.1. The summed E-state index contributed by atoms with van der Waals surface area (Å²) in [6.07, 6.45) is -4.35. The molecule has 1 N–H and O–H groups in total. The van der Waals surface area contributed by atoms with Crippen LogP contribution in [0.3, 0.4) is 0 Å². The Morgan fingerprint density at radius 1 is 1.00 bits per heavy atom. The van der Waals surface area contributed by atoms with Gasteiger partial charge < -0.3 is 5.32 Å². The quantitative estimate of drug-likeness (QED) is 0.750. The Bertz CT molecular complexity index is 573. The van der Waals surface area contributed by atoms with Crippen LogP contribution in [0.2, 0.25) is 0 Å². The van der Waals surface area contributed by atoms with Gasteiger partial charge in [0.2, 0.25) is 0 Å². The van der Waals surface area contributed by atoms with Crippen LogP contribution in [0, 0.1) is 5.82 Å². The van der Waals surface area contributed by atoms with Gasteiger partial charge >= 0.3 is 6.18 Å². The average molecular weight is 348 g/mol. The molecule has 2 aromatic carbocycles. The number of alkyl halides is 3. The first-order valence-corrected chi connectivity index (χ1v) is 6.51. The number of rotatable bonds is 3. The van der Waals surface area contributed by atoms with Crippen molar-refractivity contribution in [1.82, 2.24) is 0 Å². The van der Waals surface area contributed by atoms with Crippen molar-refractivity contribution in [1.29, 1.82) is 0 Å². The molecule has 2 rings (SSSR count). The van der Waals surface area contributed by atoms with Gasteiger partial charge in [0, 0.05) is 11.0 Å². The van der Waals surface area contributed by atoms with E-state index in [-0.39, 0.29) is 12.2 Å². The van der Waals surface area contributed by atoms with Crippen molar-refractivity contribution in [3.05, 3.63) is 63.9 Å². The molecule has 0 heterocycles. The largest absolute Gasteiger partial charge is 0.416 e. The van der Waals surface area contributed by atoms with Gasteiger partial charge in [0.25, 0.3) is 0 Å². The fraction of sp³-hybridized carbons (Fsp3) is 0.143.